The first-order chi connectivity index (χ1) is 9.65. The molecule has 4 heteroatoms. The molecule has 3 unspecified atom stereocenters. The van der Waals surface area contributed by atoms with E-state index >= 15 is 0 Å². The van der Waals surface area contributed by atoms with Gasteiger partial charge in [0.05, 0.1) is 6.04 Å². The van der Waals surface area contributed by atoms with E-state index in [-0.39, 0.29) is 0 Å². The summed E-state index contributed by atoms with van der Waals surface area (Å²) < 4.78 is 0. The predicted octanol–water partition coefficient (Wildman–Crippen LogP) is 4.32. The van der Waals surface area contributed by atoms with Gasteiger partial charge in [-0.05, 0) is 54.5 Å². The van der Waals surface area contributed by atoms with Crippen LogP contribution in [0.2, 0.25) is 0 Å². The Kier molecular flexibility index (Phi) is 4.41. The Balaban J connectivity index is 1.60. The number of rotatable bonds is 3. The van der Waals surface area contributed by atoms with Crippen LogP contribution in [0.15, 0.2) is 21.8 Å². The van der Waals surface area contributed by atoms with E-state index in [1.165, 1.54) is 42.2 Å². The van der Waals surface area contributed by atoms with Crippen molar-refractivity contribution < 1.29 is 0 Å². The molecule has 2 aliphatic rings. The van der Waals surface area contributed by atoms with Crippen molar-refractivity contribution in [1.29, 1.82) is 0 Å². The predicted molar refractivity (Wildman–Crippen MR) is 90.9 cm³/mol. The molecule has 0 aromatic carbocycles. The van der Waals surface area contributed by atoms with Gasteiger partial charge in [0.2, 0.25) is 0 Å². The fourth-order valence-corrected chi connectivity index (χ4v) is 5.45. The first-order valence-electron chi connectivity index (χ1n) is 7.65. The normalized spacial score (nSPS) is 33.5. The number of nitrogens with one attached hydrogen (secondary N) is 1. The van der Waals surface area contributed by atoms with Crippen molar-refractivity contribution in [3.63, 3.8) is 0 Å². The minimum atomic E-state index is 0.350. The van der Waals surface area contributed by atoms with Gasteiger partial charge in [-0.25, -0.2) is 0 Å². The van der Waals surface area contributed by atoms with Crippen LogP contribution in [-0.4, -0.2) is 22.5 Å². The highest BCUT2D eigenvalue weighted by Gasteiger charge is 2.40. The minimum Gasteiger partial charge on any atom is -0.359 e. The Bertz CT molecular complexity index is 469. The smallest absolute Gasteiger partial charge is 0.157 e. The van der Waals surface area contributed by atoms with Gasteiger partial charge >= 0.3 is 0 Å². The molecule has 2 nitrogen and oxygen atoms in total. The molecule has 3 rings (SSSR count). The summed E-state index contributed by atoms with van der Waals surface area (Å²) >= 11 is 3.71. The molecule has 1 aromatic rings. The lowest BCUT2D eigenvalue weighted by atomic mass is 9.78. The summed E-state index contributed by atoms with van der Waals surface area (Å²) in [5, 5.41) is 9.33. The molecule has 1 aliphatic heterocycles. The summed E-state index contributed by atoms with van der Waals surface area (Å²) in [5.74, 6) is 2.07. The van der Waals surface area contributed by atoms with E-state index in [9.17, 15) is 0 Å². The van der Waals surface area contributed by atoms with Gasteiger partial charge in [0, 0.05) is 11.3 Å². The van der Waals surface area contributed by atoms with E-state index in [2.05, 4.69) is 36.0 Å². The van der Waals surface area contributed by atoms with Gasteiger partial charge in [0.15, 0.2) is 5.17 Å². The third kappa shape index (κ3) is 3.40. The minimum absolute atomic E-state index is 0.350. The van der Waals surface area contributed by atoms with Gasteiger partial charge in [-0.3, -0.25) is 4.99 Å². The van der Waals surface area contributed by atoms with Crippen LogP contribution in [0.25, 0.3) is 0 Å². The van der Waals surface area contributed by atoms with Gasteiger partial charge in [0.1, 0.15) is 0 Å². The number of aliphatic imine (C=N–C) groups is 1. The van der Waals surface area contributed by atoms with E-state index in [4.69, 9.17) is 4.99 Å². The molecule has 1 aromatic heterocycles. The molecule has 0 amide bonds. The average molecular weight is 309 g/mol. The largest absolute Gasteiger partial charge is 0.359 e. The Morgan fingerprint density at radius 1 is 1.55 bits per heavy atom. The third-order valence-electron chi connectivity index (χ3n) is 4.40. The maximum absolute atomic E-state index is 4.90. The second-order valence-corrected chi connectivity index (χ2v) is 8.26. The van der Waals surface area contributed by atoms with Gasteiger partial charge in [-0.2, -0.15) is 11.3 Å². The first-order valence-corrected chi connectivity index (χ1v) is 9.58. The summed E-state index contributed by atoms with van der Waals surface area (Å²) in [6, 6.07) is 2.58. The van der Waals surface area contributed by atoms with Crippen molar-refractivity contribution in [1.82, 2.24) is 5.32 Å². The molecule has 2 fully saturated rings. The van der Waals surface area contributed by atoms with Crippen LogP contribution in [-0.2, 0) is 6.42 Å². The molecule has 110 valence electrons. The van der Waals surface area contributed by atoms with E-state index in [1.807, 2.05) is 11.8 Å². The maximum atomic E-state index is 4.90. The molecule has 1 saturated heterocycles. The summed E-state index contributed by atoms with van der Waals surface area (Å²) in [4.78, 5) is 4.90. The van der Waals surface area contributed by atoms with Crippen molar-refractivity contribution in [2.45, 2.75) is 57.5 Å². The SMILES string of the molecule is CC1CCCC2(CSC(=NC(C)Cc3ccsc3)N2)C1. The fraction of sp³-hybridized carbons (Fsp3) is 0.688. The molecule has 1 spiro atoms. The van der Waals surface area contributed by atoms with Crippen LogP contribution in [0.3, 0.4) is 0 Å². The summed E-state index contributed by atoms with van der Waals surface area (Å²) in [7, 11) is 0. The fourth-order valence-electron chi connectivity index (χ4n) is 3.48. The highest BCUT2D eigenvalue weighted by molar-refractivity contribution is 8.14. The van der Waals surface area contributed by atoms with Crippen LogP contribution in [0, 0.1) is 5.92 Å². The molecule has 20 heavy (non-hydrogen) atoms. The molecule has 1 aliphatic carbocycles. The number of hydrogen-bond donors (Lipinski definition) is 1. The van der Waals surface area contributed by atoms with Crippen molar-refractivity contribution in [2.24, 2.45) is 10.9 Å². The van der Waals surface area contributed by atoms with Crippen LogP contribution in [0.5, 0.6) is 0 Å². The highest BCUT2D eigenvalue weighted by atomic mass is 32.2. The lowest BCUT2D eigenvalue weighted by Crippen LogP contribution is -2.47. The second kappa shape index (κ2) is 6.10. The monoisotopic (exact) mass is 308 g/mol. The van der Waals surface area contributed by atoms with Crippen molar-refractivity contribution in [2.75, 3.05) is 5.75 Å². The summed E-state index contributed by atoms with van der Waals surface area (Å²) in [6.07, 6.45) is 6.46. The molecular formula is C16H24N2S2. The maximum Gasteiger partial charge on any atom is 0.157 e. The topological polar surface area (TPSA) is 24.4 Å². The third-order valence-corrected chi connectivity index (χ3v) is 6.31. The zero-order valence-electron chi connectivity index (χ0n) is 12.4. The zero-order valence-corrected chi connectivity index (χ0v) is 14.0. The van der Waals surface area contributed by atoms with Crippen molar-refractivity contribution >= 4 is 28.3 Å². The molecule has 1 N–H and O–H groups in total. The Labute approximate surface area is 130 Å². The summed E-state index contributed by atoms with van der Waals surface area (Å²) in [6.45, 7) is 4.61. The Hall–Kier alpha value is -0.480. The number of thioether (sulfide) groups is 1. The number of amidine groups is 1. The van der Waals surface area contributed by atoms with Crippen LogP contribution in [0.4, 0.5) is 0 Å². The van der Waals surface area contributed by atoms with Gasteiger partial charge in [0.25, 0.3) is 0 Å². The number of thiophene rings is 1. The first kappa shape index (κ1) is 14.5. The molecule has 0 radical (unpaired) electrons. The number of nitrogens with zero attached hydrogens (tertiary/aromatic N) is 1. The van der Waals surface area contributed by atoms with Crippen LogP contribution >= 0.6 is 23.1 Å². The van der Waals surface area contributed by atoms with Crippen LogP contribution in [0.1, 0.15) is 45.1 Å². The number of hydrogen-bond acceptors (Lipinski definition) is 3. The highest BCUT2D eigenvalue weighted by Crippen LogP contribution is 2.38. The van der Waals surface area contributed by atoms with E-state index in [0.29, 0.717) is 11.6 Å². The summed E-state index contributed by atoms with van der Waals surface area (Å²) in [5.41, 5.74) is 1.76. The van der Waals surface area contributed by atoms with Crippen LogP contribution < -0.4 is 5.32 Å². The molecular weight excluding hydrogens is 284 g/mol. The molecule has 2 heterocycles. The van der Waals surface area contributed by atoms with Crippen molar-refractivity contribution in [3.8, 4) is 0 Å². The molecule has 3 atom stereocenters. The second-order valence-electron chi connectivity index (χ2n) is 6.51. The lowest BCUT2D eigenvalue weighted by Gasteiger charge is -2.36. The van der Waals surface area contributed by atoms with Gasteiger partial charge < -0.3 is 5.32 Å². The van der Waals surface area contributed by atoms with E-state index in [1.54, 1.807) is 11.3 Å². The standard InChI is InChI=1S/C16H24N2S2/c1-12-4-3-6-16(9-12)11-20-15(18-16)17-13(2)8-14-5-7-19-10-14/h5,7,10,12-13H,3-4,6,8-9,11H2,1-2H3,(H,17,18). The Morgan fingerprint density at radius 3 is 3.20 bits per heavy atom. The molecule has 0 bridgehead atoms. The lowest BCUT2D eigenvalue weighted by molar-refractivity contribution is 0.242. The van der Waals surface area contributed by atoms with Crippen molar-refractivity contribution in [3.05, 3.63) is 22.4 Å². The van der Waals surface area contributed by atoms with E-state index < -0.39 is 0 Å². The van der Waals surface area contributed by atoms with Gasteiger partial charge in [-0.1, -0.05) is 31.5 Å². The van der Waals surface area contributed by atoms with E-state index in [0.717, 1.165) is 12.3 Å². The quantitative estimate of drug-likeness (QED) is 0.899. The Morgan fingerprint density at radius 2 is 2.45 bits per heavy atom. The zero-order chi connectivity index (χ0) is 14.0. The van der Waals surface area contributed by atoms with Gasteiger partial charge in [-0.15, -0.1) is 0 Å². The molecule has 1 saturated carbocycles. The average Bonchev–Trinajstić information content (AvgIpc) is 3.00.